The third-order valence-electron chi connectivity index (χ3n) is 6.27. The van der Waals surface area contributed by atoms with Crippen LogP contribution in [-0.2, 0) is 13.0 Å². The van der Waals surface area contributed by atoms with Crippen LogP contribution < -0.4 is 0 Å². The molecule has 0 saturated carbocycles. The molecule has 0 radical (unpaired) electrons. The second kappa shape index (κ2) is 25.7. The molecule has 0 aliphatic carbocycles. The summed E-state index contributed by atoms with van der Waals surface area (Å²) >= 11 is 0. The summed E-state index contributed by atoms with van der Waals surface area (Å²) in [6.07, 6.45) is 8.53. The van der Waals surface area contributed by atoms with E-state index >= 15 is 0 Å². The molecule has 1 amide bonds. The Morgan fingerprint density at radius 3 is 1.08 bits per heavy atom. The van der Waals surface area contributed by atoms with Crippen molar-refractivity contribution in [3.8, 4) is 0 Å². The summed E-state index contributed by atoms with van der Waals surface area (Å²) in [6.45, 7) is 28.7. The van der Waals surface area contributed by atoms with Gasteiger partial charge in [0.2, 0.25) is 5.91 Å². The molecule has 0 aromatic heterocycles. The summed E-state index contributed by atoms with van der Waals surface area (Å²) < 4.78 is 13.5. The van der Waals surface area contributed by atoms with Gasteiger partial charge < -0.3 is 13.1 Å². The Morgan fingerprint density at radius 2 is 0.846 bits per heavy atom. The zero-order valence-electron chi connectivity index (χ0n) is 23.9. The van der Waals surface area contributed by atoms with E-state index in [1.54, 1.807) is 0 Å². The first-order chi connectivity index (χ1) is 15.1. The van der Waals surface area contributed by atoms with E-state index in [0.717, 1.165) is 38.0 Å². The van der Waals surface area contributed by atoms with Crippen LogP contribution in [0.3, 0.4) is 0 Å². The first-order valence-electron chi connectivity index (χ1n) is 13.4. The molecule has 0 fully saturated rings. The molecule has 244 valence electrons. The molecule has 0 aliphatic rings. The molecule has 0 bridgehead atoms. The molecule has 8 heteroatoms. The lowest BCUT2D eigenvalue weighted by atomic mass is 10.3. The zero-order valence-corrected chi connectivity index (χ0v) is 27.9. The van der Waals surface area contributed by atoms with E-state index in [2.05, 4.69) is 72.8 Å². The second-order valence-electron chi connectivity index (χ2n) is 12.2. The molecule has 0 spiro atoms. The summed E-state index contributed by atoms with van der Waals surface area (Å²) in [5.74, 6) is 0.0612. The SMILES string of the molecule is C.C.C.C.C.C.C=CC(=O)N(CCC[Si](C)(C)O[Si](C)(C)CCCC)CCC[Si](C)(C)O[Si](C)(C)CCCC. The summed E-state index contributed by atoms with van der Waals surface area (Å²) in [7, 11) is -6.57. The Morgan fingerprint density at radius 1 is 0.590 bits per heavy atom. The normalized spacial score (nSPS) is 11.2. The number of carbonyl (C=O) groups is 1. The van der Waals surface area contributed by atoms with Crippen LogP contribution in [0.1, 0.15) is 96.9 Å². The lowest BCUT2D eigenvalue weighted by Gasteiger charge is -2.35. The van der Waals surface area contributed by atoms with E-state index in [4.69, 9.17) is 8.23 Å². The quantitative estimate of drug-likeness (QED) is 0.106. The Labute approximate surface area is 255 Å². The topological polar surface area (TPSA) is 38.8 Å². The van der Waals surface area contributed by atoms with E-state index in [1.807, 2.05) is 4.90 Å². The van der Waals surface area contributed by atoms with Gasteiger partial charge in [0.05, 0.1) is 0 Å². The summed E-state index contributed by atoms with van der Waals surface area (Å²) in [4.78, 5) is 14.5. The highest BCUT2D eigenvalue weighted by Crippen LogP contribution is 2.26. The summed E-state index contributed by atoms with van der Waals surface area (Å²) in [6, 6.07) is 4.72. The lowest BCUT2D eigenvalue weighted by Crippen LogP contribution is -2.45. The van der Waals surface area contributed by atoms with E-state index in [-0.39, 0.29) is 50.5 Å². The molecular weight excluding hydrogens is 547 g/mol. The molecule has 0 unspecified atom stereocenters. The van der Waals surface area contributed by atoms with Gasteiger partial charge >= 0.3 is 0 Å². The average Bonchev–Trinajstić information content (AvgIpc) is 2.67. The maximum Gasteiger partial charge on any atom is 0.245 e. The molecule has 0 rings (SSSR count). The molecular formula is C31H81NO3Si4. The van der Waals surface area contributed by atoms with Gasteiger partial charge in [0.1, 0.15) is 0 Å². The van der Waals surface area contributed by atoms with Crippen LogP contribution in [0.2, 0.25) is 76.6 Å². The van der Waals surface area contributed by atoms with Crippen LogP contribution in [0.5, 0.6) is 0 Å². The number of unbranched alkanes of at least 4 members (excludes halogenated alkanes) is 2. The first kappa shape index (κ1) is 55.0. The van der Waals surface area contributed by atoms with Crippen molar-refractivity contribution in [3.05, 3.63) is 12.7 Å². The fourth-order valence-electron chi connectivity index (χ4n) is 4.76. The zero-order chi connectivity index (χ0) is 25.8. The molecule has 0 heterocycles. The number of amides is 1. The molecule has 0 aromatic rings. The van der Waals surface area contributed by atoms with Gasteiger partial charge in [-0.25, -0.2) is 0 Å². The lowest BCUT2D eigenvalue weighted by molar-refractivity contribution is -0.126. The maximum absolute atomic E-state index is 12.5. The van der Waals surface area contributed by atoms with Crippen LogP contribution in [0, 0.1) is 0 Å². The minimum Gasteiger partial charge on any atom is -0.455 e. The molecule has 4 nitrogen and oxygen atoms in total. The number of nitrogens with zero attached hydrogens (tertiary/aromatic N) is 1. The molecule has 0 aromatic carbocycles. The maximum atomic E-state index is 12.5. The van der Waals surface area contributed by atoms with E-state index < -0.39 is 33.3 Å². The summed E-state index contributed by atoms with van der Waals surface area (Å²) in [5, 5.41) is 0. The van der Waals surface area contributed by atoms with Gasteiger partial charge in [0, 0.05) is 13.1 Å². The van der Waals surface area contributed by atoms with E-state index in [1.165, 1.54) is 43.8 Å². The van der Waals surface area contributed by atoms with E-state index in [0.29, 0.717) is 0 Å². The Bertz CT molecular complexity index is 542. The van der Waals surface area contributed by atoms with Crippen molar-refractivity contribution >= 4 is 39.2 Å². The van der Waals surface area contributed by atoms with Crippen molar-refractivity contribution < 1.29 is 13.0 Å². The van der Waals surface area contributed by atoms with Crippen molar-refractivity contribution in [3.63, 3.8) is 0 Å². The average molecular weight is 628 g/mol. The first-order valence-corrected chi connectivity index (χ1v) is 25.9. The van der Waals surface area contributed by atoms with Gasteiger partial charge in [-0.3, -0.25) is 4.79 Å². The largest absolute Gasteiger partial charge is 0.455 e. The molecule has 39 heavy (non-hydrogen) atoms. The number of hydrogen-bond donors (Lipinski definition) is 0. The van der Waals surface area contributed by atoms with Gasteiger partial charge in [0.15, 0.2) is 33.3 Å². The third-order valence-corrected chi connectivity index (χ3v) is 21.3. The van der Waals surface area contributed by atoms with Gasteiger partial charge in [-0.05, 0) is 95.5 Å². The fraction of sp³-hybridized carbons (Fsp3) is 0.903. The Kier molecular flexibility index (Phi) is 36.2. The Hall–Kier alpha value is -0.00247. The van der Waals surface area contributed by atoms with Gasteiger partial charge in [-0.15, -0.1) is 0 Å². The highest BCUT2D eigenvalue weighted by atomic mass is 28.4. The van der Waals surface area contributed by atoms with E-state index in [9.17, 15) is 4.79 Å². The van der Waals surface area contributed by atoms with Crippen molar-refractivity contribution in [2.75, 3.05) is 13.1 Å². The van der Waals surface area contributed by atoms with Crippen LogP contribution in [-0.4, -0.2) is 57.2 Å². The van der Waals surface area contributed by atoms with Crippen molar-refractivity contribution in [2.24, 2.45) is 0 Å². The smallest absolute Gasteiger partial charge is 0.245 e. The highest BCUT2D eigenvalue weighted by molar-refractivity contribution is 6.85. The van der Waals surface area contributed by atoms with Gasteiger partial charge in [-0.2, -0.15) is 0 Å². The minimum absolute atomic E-state index is 0. The molecule has 0 N–H and O–H groups in total. The third kappa shape index (κ3) is 27.9. The molecule has 0 aliphatic heterocycles. The van der Waals surface area contributed by atoms with Gasteiger partial charge in [-0.1, -0.05) is 90.7 Å². The highest BCUT2D eigenvalue weighted by Gasteiger charge is 2.33. The predicted molar refractivity (Wildman–Crippen MR) is 198 cm³/mol. The van der Waals surface area contributed by atoms with Crippen LogP contribution in [0.4, 0.5) is 0 Å². The number of rotatable bonds is 19. The molecule has 0 atom stereocenters. The Balaban J connectivity index is -0.000000341. The number of hydrogen-bond acceptors (Lipinski definition) is 3. The van der Waals surface area contributed by atoms with Gasteiger partial charge in [0.25, 0.3) is 0 Å². The second-order valence-corrected chi connectivity index (χ2v) is 29.9. The number of carbonyl (C=O) groups excluding carboxylic acids is 1. The van der Waals surface area contributed by atoms with Crippen molar-refractivity contribution in [1.82, 2.24) is 4.90 Å². The summed E-state index contributed by atoms with van der Waals surface area (Å²) in [5.41, 5.74) is 0. The molecule has 0 saturated heterocycles. The van der Waals surface area contributed by atoms with Crippen LogP contribution in [0.15, 0.2) is 12.7 Å². The van der Waals surface area contributed by atoms with Crippen molar-refractivity contribution in [1.29, 1.82) is 0 Å². The monoisotopic (exact) mass is 628 g/mol. The van der Waals surface area contributed by atoms with Crippen molar-refractivity contribution in [2.45, 2.75) is 173 Å². The standard InChI is InChI=1S/C25H57NO3Si4.6CH4/c1-12-15-21-30(4,5)28-32(8,9)23-17-19-26(25(27)14-3)20-18-24-33(10,11)29-31(6,7)22-16-13-2;;;;;;/h14H,3,12-13,15-24H2,1-2,4-11H3;6*1H4. The van der Waals surface area contributed by atoms with Crippen LogP contribution >= 0.6 is 0 Å². The fourth-order valence-corrected chi connectivity index (χ4v) is 22.8. The predicted octanol–water partition coefficient (Wildman–Crippen LogP) is 12.1. The minimum atomic E-state index is -1.71. The van der Waals surface area contributed by atoms with Crippen LogP contribution in [0.25, 0.3) is 0 Å².